The first kappa shape index (κ1) is 21.1. The highest BCUT2D eigenvalue weighted by Crippen LogP contribution is 2.23. The van der Waals surface area contributed by atoms with Crippen molar-refractivity contribution in [3.8, 4) is 22.6 Å². The van der Waals surface area contributed by atoms with Gasteiger partial charge in [0, 0.05) is 5.56 Å². The smallest absolute Gasteiger partial charge is 0.344 e. The molecule has 0 bridgehead atoms. The zero-order valence-electron chi connectivity index (χ0n) is 17.6. The van der Waals surface area contributed by atoms with Crippen LogP contribution in [0.2, 0.25) is 0 Å². The van der Waals surface area contributed by atoms with Crippen LogP contribution in [-0.4, -0.2) is 32.1 Å². The molecule has 0 saturated heterocycles. The van der Waals surface area contributed by atoms with Crippen LogP contribution in [0.5, 0.6) is 11.5 Å². The van der Waals surface area contributed by atoms with E-state index in [1.165, 1.54) is 0 Å². The summed E-state index contributed by atoms with van der Waals surface area (Å²) in [7, 11) is 1.61. The van der Waals surface area contributed by atoms with Gasteiger partial charge in [-0.2, -0.15) is 0 Å². The molecule has 0 heterocycles. The molecule has 0 aliphatic rings. The molecule has 0 unspecified atom stereocenters. The summed E-state index contributed by atoms with van der Waals surface area (Å²) in [6, 6.07) is 28.4. The number of carbonyl (C=O) groups excluding carboxylic acids is 2. The van der Waals surface area contributed by atoms with Gasteiger partial charge in [-0.15, -0.1) is 0 Å². The fourth-order valence-electron chi connectivity index (χ4n) is 3.31. The van der Waals surface area contributed by atoms with Crippen LogP contribution in [0.1, 0.15) is 10.4 Å². The molecule has 32 heavy (non-hydrogen) atoms. The lowest BCUT2D eigenvalue weighted by Gasteiger charge is -2.08. The van der Waals surface area contributed by atoms with Crippen molar-refractivity contribution < 1.29 is 23.8 Å². The monoisotopic (exact) mass is 426 g/mol. The predicted molar refractivity (Wildman–Crippen MR) is 123 cm³/mol. The molecule has 0 aliphatic heterocycles. The predicted octanol–water partition coefficient (Wildman–Crippen LogP) is 5.32. The van der Waals surface area contributed by atoms with E-state index in [9.17, 15) is 9.59 Å². The number of fused-ring (bicyclic) bond motifs is 1. The maximum Gasteiger partial charge on any atom is 0.344 e. The number of esters is 1. The number of methoxy groups -OCH3 is 1. The maximum atomic E-state index is 12.4. The quantitative estimate of drug-likeness (QED) is 0.282. The van der Waals surface area contributed by atoms with E-state index in [0.29, 0.717) is 11.3 Å². The molecule has 0 atom stereocenters. The fraction of sp³-hybridized carbons (Fsp3) is 0.111. The molecular weight excluding hydrogens is 404 g/mol. The molecule has 0 spiro atoms. The maximum absolute atomic E-state index is 12.4. The van der Waals surface area contributed by atoms with Crippen molar-refractivity contribution in [1.82, 2.24) is 0 Å². The van der Waals surface area contributed by atoms with Crippen molar-refractivity contribution in [2.45, 2.75) is 0 Å². The molecule has 0 N–H and O–H groups in total. The first-order valence-corrected chi connectivity index (χ1v) is 10.2. The summed E-state index contributed by atoms with van der Waals surface area (Å²) in [6.07, 6.45) is 0. The highest BCUT2D eigenvalue weighted by molar-refractivity contribution is 6.01. The summed E-state index contributed by atoms with van der Waals surface area (Å²) in [5.41, 5.74) is 2.64. The lowest BCUT2D eigenvalue weighted by Crippen LogP contribution is -2.19. The molecule has 5 nitrogen and oxygen atoms in total. The second-order valence-corrected chi connectivity index (χ2v) is 7.19. The first-order chi connectivity index (χ1) is 15.6. The third kappa shape index (κ3) is 5.13. The van der Waals surface area contributed by atoms with Crippen molar-refractivity contribution in [1.29, 1.82) is 0 Å². The highest BCUT2D eigenvalue weighted by Gasteiger charge is 2.12. The standard InChI is InChI=1S/C27H22O5/c1-30-25-14-11-21-15-23(8-7-22(21)16-25)26(28)17-32-27(29)18-31-24-12-9-20(10-13-24)19-5-3-2-4-6-19/h2-16H,17-18H2,1H3. The molecule has 5 heteroatoms. The molecule has 0 radical (unpaired) electrons. The third-order valence-corrected chi connectivity index (χ3v) is 5.05. The Kier molecular flexibility index (Phi) is 6.46. The van der Waals surface area contributed by atoms with Crippen molar-refractivity contribution >= 4 is 22.5 Å². The molecular formula is C27H22O5. The Hall–Kier alpha value is -4.12. The number of hydrogen-bond acceptors (Lipinski definition) is 5. The number of benzene rings is 4. The van der Waals surface area contributed by atoms with Gasteiger partial charge in [-0.05, 0) is 52.2 Å². The van der Waals surface area contributed by atoms with Gasteiger partial charge in [-0.25, -0.2) is 4.79 Å². The number of carbonyl (C=O) groups is 2. The van der Waals surface area contributed by atoms with E-state index in [1.807, 2.05) is 66.7 Å². The largest absolute Gasteiger partial charge is 0.497 e. The van der Waals surface area contributed by atoms with Crippen LogP contribution in [-0.2, 0) is 9.53 Å². The summed E-state index contributed by atoms with van der Waals surface area (Å²) >= 11 is 0. The average Bonchev–Trinajstić information content (AvgIpc) is 2.86. The molecule has 0 amide bonds. The summed E-state index contributed by atoms with van der Waals surface area (Å²) in [6.45, 7) is -0.605. The van der Waals surface area contributed by atoms with Gasteiger partial charge in [0.1, 0.15) is 11.5 Å². The average molecular weight is 426 g/mol. The molecule has 0 aromatic heterocycles. The second-order valence-electron chi connectivity index (χ2n) is 7.19. The Labute approximate surface area is 186 Å². The van der Waals surface area contributed by atoms with Gasteiger partial charge in [0.25, 0.3) is 0 Å². The van der Waals surface area contributed by atoms with Gasteiger partial charge < -0.3 is 14.2 Å². The number of rotatable bonds is 8. The van der Waals surface area contributed by atoms with Gasteiger partial charge in [0.05, 0.1) is 7.11 Å². The van der Waals surface area contributed by atoms with Gasteiger partial charge >= 0.3 is 5.97 Å². The van der Waals surface area contributed by atoms with Gasteiger partial charge in [-0.3, -0.25) is 4.79 Å². The Bertz CT molecular complexity index is 1230. The lowest BCUT2D eigenvalue weighted by atomic mass is 10.0. The first-order valence-electron chi connectivity index (χ1n) is 10.2. The van der Waals surface area contributed by atoms with Crippen LogP contribution in [0.25, 0.3) is 21.9 Å². The van der Waals surface area contributed by atoms with E-state index >= 15 is 0 Å². The molecule has 0 aliphatic carbocycles. The minimum absolute atomic E-state index is 0.268. The highest BCUT2D eigenvalue weighted by atomic mass is 16.6. The Morgan fingerprint density at radius 3 is 2.09 bits per heavy atom. The van der Waals surface area contributed by atoms with E-state index < -0.39 is 5.97 Å². The normalized spacial score (nSPS) is 10.5. The second kappa shape index (κ2) is 9.79. The van der Waals surface area contributed by atoms with E-state index in [-0.39, 0.29) is 19.0 Å². The lowest BCUT2D eigenvalue weighted by molar-refractivity contribution is -0.144. The van der Waals surface area contributed by atoms with Crippen molar-refractivity contribution in [2.75, 3.05) is 20.3 Å². The van der Waals surface area contributed by atoms with Crippen LogP contribution < -0.4 is 9.47 Å². The van der Waals surface area contributed by atoms with E-state index in [4.69, 9.17) is 14.2 Å². The Morgan fingerprint density at radius 1 is 0.688 bits per heavy atom. The van der Waals surface area contributed by atoms with Crippen LogP contribution in [0.3, 0.4) is 0 Å². The Morgan fingerprint density at radius 2 is 1.34 bits per heavy atom. The topological polar surface area (TPSA) is 61.8 Å². The number of hydrogen-bond donors (Lipinski definition) is 0. The zero-order valence-corrected chi connectivity index (χ0v) is 17.6. The van der Waals surface area contributed by atoms with Crippen LogP contribution in [0.4, 0.5) is 0 Å². The molecule has 0 fully saturated rings. The molecule has 4 aromatic carbocycles. The van der Waals surface area contributed by atoms with Gasteiger partial charge in [0.2, 0.25) is 0 Å². The van der Waals surface area contributed by atoms with Crippen LogP contribution >= 0.6 is 0 Å². The summed E-state index contributed by atoms with van der Waals surface area (Å²) in [5, 5.41) is 1.87. The van der Waals surface area contributed by atoms with Crippen LogP contribution in [0, 0.1) is 0 Å². The van der Waals surface area contributed by atoms with E-state index in [1.54, 1.807) is 31.4 Å². The van der Waals surface area contributed by atoms with Crippen molar-refractivity contribution in [2.24, 2.45) is 0 Å². The third-order valence-electron chi connectivity index (χ3n) is 5.05. The summed E-state index contributed by atoms with van der Waals surface area (Å²) < 4.78 is 15.8. The number of ketones is 1. The Balaban J connectivity index is 1.28. The molecule has 0 saturated carbocycles. The van der Waals surface area contributed by atoms with Gasteiger partial charge in [-0.1, -0.05) is 60.7 Å². The fourth-order valence-corrected chi connectivity index (χ4v) is 3.31. The molecule has 4 rings (SSSR count). The minimum atomic E-state index is -0.601. The zero-order chi connectivity index (χ0) is 22.3. The van der Waals surface area contributed by atoms with E-state index in [0.717, 1.165) is 27.6 Å². The van der Waals surface area contributed by atoms with Crippen molar-refractivity contribution in [3.63, 3.8) is 0 Å². The molecule has 160 valence electrons. The van der Waals surface area contributed by atoms with E-state index in [2.05, 4.69) is 0 Å². The summed E-state index contributed by atoms with van der Waals surface area (Å²) in [4.78, 5) is 24.4. The number of ether oxygens (including phenoxy) is 3. The SMILES string of the molecule is COc1ccc2cc(C(=O)COC(=O)COc3ccc(-c4ccccc4)cc3)ccc2c1. The molecule has 4 aromatic rings. The van der Waals surface area contributed by atoms with Crippen LogP contribution in [0.15, 0.2) is 91.0 Å². The van der Waals surface area contributed by atoms with Gasteiger partial charge in [0.15, 0.2) is 19.0 Å². The summed E-state index contributed by atoms with van der Waals surface area (Å²) in [5.74, 6) is 0.428. The van der Waals surface area contributed by atoms with Crippen molar-refractivity contribution in [3.05, 3.63) is 96.6 Å². The number of Topliss-reactive ketones (excluding diaryl/α,β-unsaturated/α-hetero) is 1. The minimum Gasteiger partial charge on any atom is -0.497 e.